The summed E-state index contributed by atoms with van der Waals surface area (Å²) in [6.07, 6.45) is 6.86. The normalized spacial score (nSPS) is 22.0. The molecule has 0 bridgehead atoms. The molecule has 0 aliphatic carbocycles. The third-order valence-electron chi connectivity index (χ3n) is 4.50. The average molecular weight is 254 g/mol. The molecule has 0 aromatic carbocycles. The average Bonchev–Trinajstić information content (AvgIpc) is 2.38. The molecule has 0 radical (unpaired) electrons. The Kier molecular flexibility index (Phi) is 7.25. The van der Waals surface area contributed by atoms with Gasteiger partial charge in [-0.3, -0.25) is 0 Å². The molecule has 2 nitrogen and oxygen atoms in total. The lowest BCUT2D eigenvalue weighted by Gasteiger charge is -2.40. The predicted molar refractivity (Wildman–Crippen MR) is 81.1 cm³/mol. The van der Waals surface area contributed by atoms with Crippen molar-refractivity contribution >= 4 is 0 Å². The van der Waals surface area contributed by atoms with Crippen molar-refractivity contribution in [2.75, 3.05) is 39.3 Å². The van der Waals surface area contributed by atoms with E-state index in [1.54, 1.807) is 0 Å². The van der Waals surface area contributed by atoms with Gasteiger partial charge in [0.1, 0.15) is 0 Å². The minimum atomic E-state index is 0.555. The number of likely N-dealkylation sites (N-methyl/N-ethyl adjacent to an activating group) is 1. The summed E-state index contributed by atoms with van der Waals surface area (Å²) in [4.78, 5) is 5.27. The van der Waals surface area contributed by atoms with Gasteiger partial charge in [0.25, 0.3) is 0 Å². The van der Waals surface area contributed by atoms with E-state index in [1.807, 2.05) is 0 Å². The van der Waals surface area contributed by atoms with Crippen molar-refractivity contribution in [2.45, 2.75) is 59.8 Å². The van der Waals surface area contributed by atoms with E-state index in [1.165, 1.54) is 71.4 Å². The number of rotatable bonds is 8. The third-order valence-corrected chi connectivity index (χ3v) is 4.50. The van der Waals surface area contributed by atoms with Gasteiger partial charge in [0.05, 0.1) is 0 Å². The van der Waals surface area contributed by atoms with Crippen molar-refractivity contribution in [2.24, 2.45) is 5.41 Å². The lowest BCUT2D eigenvalue weighted by molar-refractivity contribution is 0.0836. The van der Waals surface area contributed by atoms with Crippen molar-refractivity contribution in [3.8, 4) is 0 Å². The van der Waals surface area contributed by atoms with Crippen molar-refractivity contribution in [1.29, 1.82) is 0 Å². The largest absolute Gasteiger partial charge is 0.301 e. The summed E-state index contributed by atoms with van der Waals surface area (Å²) in [6, 6.07) is 0. The molecule has 0 aromatic rings. The zero-order valence-corrected chi connectivity index (χ0v) is 13.2. The molecule has 0 N–H and O–H groups in total. The maximum atomic E-state index is 2.71. The van der Waals surface area contributed by atoms with E-state index in [2.05, 4.69) is 37.5 Å². The highest BCUT2D eigenvalue weighted by Gasteiger charge is 2.27. The number of nitrogens with zero attached hydrogens (tertiary/aromatic N) is 2. The van der Waals surface area contributed by atoms with Gasteiger partial charge >= 0.3 is 0 Å². The smallest absolute Gasteiger partial charge is 0.0110 e. The fourth-order valence-electron chi connectivity index (χ4n) is 3.29. The molecule has 1 fully saturated rings. The zero-order chi connectivity index (χ0) is 13.4. The van der Waals surface area contributed by atoms with Crippen molar-refractivity contribution in [3.63, 3.8) is 0 Å². The van der Waals surface area contributed by atoms with Crippen molar-refractivity contribution in [3.05, 3.63) is 0 Å². The van der Waals surface area contributed by atoms with E-state index in [0.29, 0.717) is 5.41 Å². The summed E-state index contributed by atoms with van der Waals surface area (Å²) < 4.78 is 0. The first-order valence-corrected chi connectivity index (χ1v) is 8.08. The Labute approximate surface area is 115 Å². The summed E-state index contributed by atoms with van der Waals surface area (Å²) in [5.41, 5.74) is 0.555. The highest BCUT2D eigenvalue weighted by Crippen LogP contribution is 2.31. The first-order chi connectivity index (χ1) is 8.63. The summed E-state index contributed by atoms with van der Waals surface area (Å²) in [6.45, 7) is 17.1. The topological polar surface area (TPSA) is 6.48 Å². The fraction of sp³-hybridized carbons (Fsp3) is 1.00. The molecular formula is C16H34N2. The van der Waals surface area contributed by atoms with Crippen LogP contribution in [0, 0.1) is 5.41 Å². The molecule has 0 amide bonds. The summed E-state index contributed by atoms with van der Waals surface area (Å²) in [5.74, 6) is 0. The van der Waals surface area contributed by atoms with Crippen LogP contribution in [-0.2, 0) is 0 Å². The molecule has 0 saturated carbocycles. The zero-order valence-electron chi connectivity index (χ0n) is 13.2. The predicted octanol–water partition coefficient (Wildman–Crippen LogP) is 3.62. The van der Waals surface area contributed by atoms with E-state index in [-0.39, 0.29) is 0 Å². The minimum absolute atomic E-state index is 0.555. The Morgan fingerprint density at radius 2 is 1.44 bits per heavy atom. The lowest BCUT2D eigenvalue weighted by Crippen LogP contribution is -2.49. The van der Waals surface area contributed by atoms with Gasteiger partial charge in [-0.2, -0.15) is 0 Å². The van der Waals surface area contributed by atoms with Crippen LogP contribution >= 0.6 is 0 Å². The number of hydrogen-bond acceptors (Lipinski definition) is 2. The van der Waals surface area contributed by atoms with Crippen LogP contribution in [0.15, 0.2) is 0 Å². The van der Waals surface area contributed by atoms with Gasteiger partial charge in [0, 0.05) is 32.7 Å². The van der Waals surface area contributed by atoms with Crippen LogP contribution in [-0.4, -0.2) is 49.1 Å². The highest BCUT2D eigenvalue weighted by molar-refractivity contribution is 4.81. The standard InChI is InChI=1S/C16H34N2/c1-5-8-10-16(4,9-6-2)15-18-13-11-17(7-3)12-14-18/h5-15H2,1-4H3. The molecule has 0 spiro atoms. The monoisotopic (exact) mass is 254 g/mol. The Hall–Kier alpha value is -0.0800. The second-order valence-corrected chi connectivity index (χ2v) is 6.37. The summed E-state index contributed by atoms with van der Waals surface area (Å²) in [5, 5.41) is 0. The second kappa shape index (κ2) is 8.16. The van der Waals surface area contributed by atoms with Gasteiger partial charge < -0.3 is 9.80 Å². The molecule has 1 saturated heterocycles. The Bertz CT molecular complexity index is 209. The SMILES string of the molecule is CCCCC(C)(CCC)CN1CCN(CC)CC1. The van der Waals surface area contributed by atoms with Crippen LogP contribution in [0.2, 0.25) is 0 Å². The van der Waals surface area contributed by atoms with Crippen molar-refractivity contribution < 1.29 is 0 Å². The summed E-state index contributed by atoms with van der Waals surface area (Å²) in [7, 11) is 0. The molecule has 18 heavy (non-hydrogen) atoms. The maximum Gasteiger partial charge on any atom is 0.0110 e. The van der Waals surface area contributed by atoms with Crippen LogP contribution in [0.1, 0.15) is 59.8 Å². The first kappa shape index (κ1) is 16.0. The van der Waals surface area contributed by atoms with Gasteiger partial charge in [0.2, 0.25) is 0 Å². The first-order valence-electron chi connectivity index (χ1n) is 8.08. The highest BCUT2D eigenvalue weighted by atomic mass is 15.3. The van der Waals surface area contributed by atoms with E-state index in [4.69, 9.17) is 0 Å². The van der Waals surface area contributed by atoms with Crippen molar-refractivity contribution in [1.82, 2.24) is 9.80 Å². The van der Waals surface area contributed by atoms with E-state index >= 15 is 0 Å². The molecule has 108 valence electrons. The van der Waals surface area contributed by atoms with E-state index in [0.717, 1.165) is 0 Å². The minimum Gasteiger partial charge on any atom is -0.301 e. The number of hydrogen-bond donors (Lipinski definition) is 0. The van der Waals surface area contributed by atoms with E-state index < -0.39 is 0 Å². The molecule has 1 rings (SSSR count). The lowest BCUT2D eigenvalue weighted by atomic mass is 9.80. The molecule has 1 aliphatic rings. The van der Waals surface area contributed by atoms with Gasteiger partial charge in [-0.1, -0.05) is 47.0 Å². The molecule has 1 aliphatic heterocycles. The van der Waals surface area contributed by atoms with Gasteiger partial charge in [-0.15, -0.1) is 0 Å². The Balaban J connectivity index is 2.40. The second-order valence-electron chi connectivity index (χ2n) is 6.37. The molecule has 2 heteroatoms. The van der Waals surface area contributed by atoms with Crippen LogP contribution < -0.4 is 0 Å². The van der Waals surface area contributed by atoms with Gasteiger partial charge in [0.15, 0.2) is 0 Å². The van der Waals surface area contributed by atoms with Gasteiger partial charge in [-0.05, 0) is 24.8 Å². The van der Waals surface area contributed by atoms with Crippen LogP contribution in [0.5, 0.6) is 0 Å². The molecule has 1 heterocycles. The van der Waals surface area contributed by atoms with Crippen LogP contribution in [0.3, 0.4) is 0 Å². The summed E-state index contributed by atoms with van der Waals surface area (Å²) >= 11 is 0. The maximum absolute atomic E-state index is 2.71. The third kappa shape index (κ3) is 5.27. The Morgan fingerprint density at radius 1 is 0.833 bits per heavy atom. The number of unbranched alkanes of at least 4 members (excludes halogenated alkanes) is 1. The number of piperazine rings is 1. The van der Waals surface area contributed by atoms with Crippen LogP contribution in [0.25, 0.3) is 0 Å². The quantitative estimate of drug-likeness (QED) is 0.653. The molecule has 1 atom stereocenters. The molecular weight excluding hydrogens is 220 g/mol. The van der Waals surface area contributed by atoms with E-state index in [9.17, 15) is 0 Å². The van der Waals surface area contributed by atoms with Crippen LogP contribution in [0.4, 0.5) is 0 Å². The Morgan fingerprint density at radius 3 is 1.94 bits per heavy atom. The van der Waals surface area contributed by atoms with Gasteiger partial charge in [-0.25, -0.2) is 0 Å². The molecule has 1 unspecified atom stereocenters. The fourth-order valence-corrected chi connectivity index (χ4v) is 3.29. The molecule has 0 aromatic heterocycles.